The second-order valence-corrected chi connectivity index (χ2v) is 6.83. The number of carbonyl (C=O) groups is 2. The summed E-state index contributed by atoms with van der Waals surface area (Å²) in [5, 5.41) is 2.40. The molecule has 28 heavy (non-hydrogen) atoms. The SMILES string of the molecule is COc1cc(C(=O)NC(=S)NNC(=O)c2ccccc2I)cc(OC)c1OC. The average Bonchev–Trinajstić information content (AvgIpc) is 2.70. The van der Waals surface area contributed by atoms with Gasteiger partial charge >= 0.3 is 0 Å². The molecule has 0 aliphatic heterocycles. The van der Waals surface area contributed by atoms with E-state index in [-0.39, 0.29) is 16.6 Å². The van der Waals surface area contributed by atoms with E-state index in [9.17, 15) is 9.59 Å². The Morgan fingerprint density at radius 3 is 2.07 bits per heavy atom. The lowest BCUT2D eigenvalue weighted by Gasteiger charge is -2.15. The van der Waals surface area contributed by atoms with Gasteiger partial charge in [0.25, 0.3) is 11.8 Å². The highest BCUT2D eigenvalue weighted by Gasteiger charge is 2.18. The van der Waals surface area contributed by atoms with Crippen molar-refractivity contribution in [3.8, 4) is 17.2 Å². The van der Waals surface area contributed by atoms with Crippen molar-refractivity contribution in [2.24, 2.45) is 0 Å². The number of nitrogens with one attached hydrogen (secondary N) is 3. The molecule has 8 nitrogen and oxygen atoms in total. The number of hydrogen-bond donors (Lipinski definition) is 3. The van der Waals surface area contributed by atoms with Crippen LogP contribution in [0.25, 0.3) is 0 Å². The highest BCUT2D eigenvalue weighted by Crippen LogP contribution is 2.38. The summed E-state index contributed by atoms with van der Waals surface area (Å²) in [6.07, 6.45) is 0. The molecular formula is C18H18IN3O5S. The molecule has 2 aromatic carbocycles. The van der Waals surface area contributed by atoms with E-state index in [1.165, 1.54) is 33.5 Å². The van der Waals surface area contributed by atoms with Gasteiger partial charge in [0.05, 0.1) is 26.9 Å². The Hall–Kier alpha value is -2.60. The zero-order valence-electron chi connectivity index (χ0n) is 15.3. The Morgan fingerprint density at radius 2 is 1.54 bits per heavy atom. The van der Waals surface area contributed by atoms with E-state index in [4.69, 9.17) is 26.4 Å². The molecule has 0 atom stereocenters. The van der Waals surface area contributed by atoms with Gasteiger partial charge in [0, 0.05) is 9.13 Å². The lowest BCUT2D eigenvalue weighted by Crippen LogP contribution is -2.48. The first-order chi connectivity index (χ1) is 13.4. The summed E-state index contributed by atoms with van der Waals surface area (Å²) in [5.41, 5.74) is 5.66. The largest absolute Gasteiger partial charge is 0.493 e. The quantitative estimate of drug-likeness (QED) is 0.320. The molecule has 3 N–H and O–H groups in total. The van der Waals surface area contributed by atoms with Crippen LogP contribution in [0.1, 0.15) is 20.7 Å². The zero-order valence-corrected chi connectivity index (χ0v) is 18.3. The monoisotopic (exact) mass is 515 g/mol. The topological polar surface area (TPSA) is 97.9 Å². The van der Waals surface area contributed by atoms with E-state index in [0.717, 1.165) is 3.57 Å². The molecular weight excluding hydrogens is 497 g/mol. The molecule has 2 aromatic rings. The maximum Gasteiger partial charge on any atom is 0.270 e. The third-order valence-electron chi connectivity index (χ3n) is 3.56. The number of ether oxygens (including phenoxy) is 3. The van der Waals surface area contributed by atoms with Crippen molar-refractivity contribution in [1.82, 2.24) is 16.2 Å². The minimum Gasteiger partial charge on any atom is -0.493 e. The van der Waals surface area contributed by atoms with E-state index in [0.29, 0.717) is 22.8 Å². The van der Waals surface area contributed by atoms with Crippen LogP contribution in [0.15, 0.2) is 36.4 Å². The standard InChI is InChI=1S/C18H18IN3O5S/c1-25-13-8-10(9-14(26-2)15(13)27-3)16(23)20-18(28)22-21-17(24)11-6-4-5-7-12(11)19/h4-9H,1-3H3,(H,21,24)(H2,20,22,23,28). The predicted molar refractivity (Wildman–Crippen MR) is 116 cm³/mol. The number of methoxy groups -OCH3 is 3. The van der Waals surface area contributed by atoms with Crippen LogP contribution >= 0.6 is 34.8 Å². The van der Waals surface area contributed by atoms with Crippen molar-refractivity contribution < 1.29 is 23.8 Å². The van der Waals surface area contributed by atoms with Crippen LogP contribution in [0.3, 0.4) is 0 Å². The van der Waals surface area contributed by atoms with Gasteiger partial charge < -0.3 is 14.2 Å². The number of thiocarbonyl (C=S) groups is 1. The van der Waals surface area contributed by atoms with Gasteiger partial charge in [-0.2, -0.15) is 0 Å². The van der Waals surface area contributed by atoms with E-state index in [1.807, 2.05) is 6.07 Å². The van der Waals surface area contributed by atoms with Crippen LogP contribution in [-0.2, 0) is 0 Å². The first-order valence-corrected chi connectivity index (χ1v) is 9.36. The maximum absolute atomic E-state index is 12.5. The van der Waals surface area contributed by atoms with Crippen LogP contribution in [0.4, 0.5) is 0 Å². The average molecular weight is 515 g/mol. The molecule has 0 saturated carbocycles. The molecule has 0 radical (unpaired) electrons. The summed E-state index contributed by atoms with van der Waals surface area (Å²) < 4.78 is 16.5. The lowest BCUT2D eigenvalue weighted by molar-refractivity contribution is 0.0933. The highest BCUT2D eigenvalue weighted by molar-refractivity contribution is 14.1. The van der Waals surface area contributed by atoms with Crippen molar-refractivity contribution >= 4 is 51.7 Å². The van der Waals surface area contributed by atoms with Gasteiger partial charge in [-0.25, -0.2) is 0 Å². The number of hydrogen-bond acceptors (Lipinski definition) is 6. The highest BCUT2D eigenvalue weighted by atomic mass is 127. The van der Waals surface area contributed by atoms with Gasteiger partial charge in [0.15, 0.2) is 16.6 Å². The molecule has 0 fully saturated rings. The van der Waals surface area contributed by atoms with Crippen molar-refractivity contribution in [2.75, 3.05) is 21.3 Å². The van der Waals surface area contributed by atoms with Crippen molar-refractivity contribution in [3.63, 3.8) is 0 Å². The normalized spacial score (nSPS) is 9.86. The zero-order chi connectivity index (χ0) is 20.7. The van der Waals surface area contributed by atoms with Gasteiger partial charge in [-0.1, -0.05) is 12.1 Å². The van der Waals surface area contributed by atoms with Crippen molar-refractivity contribution in [1.29, 1.82) is 0 Å². The van der Waals surface area contributed by atoms with E-state index < -0.39 is 5.91 Å². The Morgan fingerprint density at radius 1 is 0.929 bits per heavy atom. The van der Waals surface area contributed by atoms with Crippen molar-refractivity contribution in [2.45, 2.75) is 0 Å². The molecule has 0 aromatic heterocycles. The maximum atomic E-state index is 12.5. The number of benzene rings is 2. The van der Waals surface area contributed by atoms with Crippen LogP contribution in [0, 0.1) is 3.57 Å². The fourth-order valence-corrected chi connectivity index (χ4v) is 3.02. The number of carbonyl (C=O) groups excluding carboxylic acids is 2. The number of rotatable bonds is 5. The second-order valence-electron chi connectivity index (χ2n) is 5.26. The lowest BCUT2D eigenvalue weighted by atomic mass is 10.1. The van der Waals surface area contributed by atoms with Gasteiger partial charge in [-0.15, -0.1) is 0 Å². The summed E-state index contributed by atoms with van der Waals surface area (Å²) in [6, 6.07) is 10.0. The second kappa shape index (κ2) is 10.1. The molecule has 0 bridgehead atoms. The first-order valence-electron chi connectivity index (χ1n) is 7.87. The molecule has 0 aliphatic rings. The molecule has 2 rings (SSSR count). The van der Waals surface area contributed by atoms with Gasteiger partial charge in [-0.05, 0) is 59.1 Å². The first kappa shape index (κ1) is 21.7. The van der Waals surface area contributed by atoms with Crippen LogP contribution in [0.5, 0.6) is 17.2 Å². The van der Waals surface area contributed by atoms with Gasteiger partial charge in [0.1, 0.15) is 0 Å². The fraction of sp³-hybridized carbons (Fsp3) is 0.167. The minimum atomic E-state index is -0.514. The molecule has 0 heterocycles. The molecule has 0 spiro atoms. The smallest absolute Gasteiger partial charge is 0.270 e. The van der Waals surface area contributed by atoms with Crippen molar-refractivity contribution in [3.05, 3.63) is 51.1 Å². The van der Waals surface area contributed by atoms with Crippen LogP contribution < -0.4 is 30.4 Å². The third-order valence-corrected chi connectivity index (χ3v) is 4.71. The van der Waals surface area contributed by atoms with E-state index >= 15 is 0 Å². The van der Waals surface area contributed by atoms with Crippen LogP contribution in [-0.4, -0.2) is 38.3 Å². The van der Waals surface area contributed by atoms with Gasteiger partial charge in [-0.3, -0.25) is 25.8 Å². The fourth-order valence-electron chi connectivity index (χ4n) is 2.24. The molecule has 2 amide bonds. The van der Waals surface area contributed by atoms with Crippen LogP contribution in [0.2, 0.25) is 0 Å². The summed E-state index contributed by atoms with van der Waals surface area (Å²) in [7, 11) is 4.37. The van der Waals surface area contributed by atoms with Gasteiger partial charge in [0.2, 0.25) is 5.75 Å². The molecule has 10 heteroatoms. The Kier molecular flexibility index (Phi) is 7.81. The summed E-state index contributed by atoms with van der Waals surface area (Å²) in [5.74, 6) is 0.136. The summed E-state index contributed by atoms with van der Waals surface area (Å²) >= 11 is 7.11. The molecule has 0 aliphatic carbocycles. The third kappa shape index (κ3) is 5.23. The predicted octanol–water partition coefficient (Wildman–Crippen LogP) is 2.27. The van der Waals surface area contributed by atoms with E-state index in [1.54, 1.807) is 18.2 Å². The molecule has 0 saturated heterocycles. The summed E-state index contributed by atoms with van der Waals surface area (Å²) in [4.78, 5) is 24.6. The number of amides is 2. The summed E-state index contributed by atoms with van der Waals surface area (Å²) in [6.45, 7) is 0. The number of hydrazine groups is 1. The Balaban J connectivity index is 2.03. The minimum absolute atomic E-state index is 0.0713. The Bertz CT molecular complexity index is 882. The Labute approximate surface area is 181 Å². The number of halogens is 1. The molecule has 148 valence electrons. The van der Waals surface area contributed by atoms with E-state index in [2.05, 4.69) is 38.8 Å². The molecule has 0 unspecified atom stereocenters.